The zero-order valence-electron chi connectivity index (χ0n) is 15.4. The number of anilines is 1. The highest BCUT2D eigenvalue weighted by Gasteiger charge is 2.40. The lowest BCUT2D eigenvalue weighted by atomic mass is 9.98. The fourth-order valence-corrected chi connectivity index (χ4v) is 4.14. The van der Waals surface area contributed by atoms with Crippen molar-refractivity contribution in [3.8, 4) is 0 Å². The van der Waals surface area contributed by atoms with Gasteiger partial charge in [-0.2, -0.15) is 0 Å². The molecule has 2 aliphatic heterocycles. The van der Waals surface area contributed by atoms with Crippen LogP contribution in [0.15, 0.2) is 48.5 Å². The molecule has 4 rings (SSSR count). The molecule has 0 aromatic heterocycles. The van der Waals surface area contributed by atoms with Gasteiger partial charge in [-0.05, 0) is 42.0 Å². The van der Waals surface area contributed by atoms with Crippen LogP contribution < -0.4 is 4.90 Å². The number of benzene rings is 2. The van der Waals surface area contributed by atoms with Crippen molar-refractivity contribution in [2.75, 3.05) is 37.7 Å². The molecule has 0 saturated carbocycles. The van der Waals surface area contributed by atoms with E-state index >= 15 is 0 Å². The number of piperazine rings is 1. The molecule has 0 N–H and O–H groups in total. The first-order chi connectivity index (χ1) is 13.5. The Balaban J connectivity index is 1.36. The Hall–Kier alpha value is -2.08. The van der Waals surface area contributed by atoms with Crippen LogP contribution in [0.25, 0.3) is 0 Å². The molecule has 0 radical (unpaired) electrons. The van der Waals surface area contributed by atoms with Crippen molar-refractivity contribution in [3.63, 3.8) is 0 Å². The molecule has 28 heavy (non-hydrogen) atoms. The third-order valence-electron chi connectivity index (χ3n) is 5.40. The highest BCUT2D eigenvalue weighted by molar-refractivity contribution is 6.31. The summed E-state index contributed by atoms with van der Waals surface area (Å²) in [5, 5.41) is 1.30. The SMILES string of the molecule is O=C1CC(c2cccc(Cl)c2)C(=O)N1CN1CCN(c2ccc(Cl)cc2)CC1. The van der Waals surface area contributed by atoms with Gasteiger partial charge in [0, 0.05) is 48.3 Å². The van der Waals surface area contributed by atoms with Crippen LogP contribution in [-0.4, -0.2) is 54.5 Å². The van der Waals surface area contributed by atoms with Crippen LogP contribution >= 0.6 is 23.2 Å². The first-order valence-corrected chi connectivity index (χ1v) is 10.1. The lowest BCUT2D eigenvalue weighted by Gasteiger charge is -2.37. The van der Waals surface area contributed by atoms with E-state index in [0.29, 0.717) is 11.7 Å². The Morgan fingerprint density at radius 2 is 1.61 bits per heavy atom. The number of hydrogen-bond donors (Lipinski definition) is 0. The normalized spacial score (nSPS) is 20.9. The number of amides is 2. The monoisotopic (exact) mass is 417 g/mol. The van der Waals surface area contributed by atoms with Gasteiger partial charge in [0.25, 0.3) is 0 Å². The van der Waals surface area contributed by atoms with Gasteiger partial charge in [0.05, 0.1) is 12.6 Å². The average molecular weight is 418 g/mol. The Kier molecular flexibility index (Phi) is 5.58. The van der Waals surface area contributed by atoms with Crippen molar-refractivity contribution in [2.45, 2.75) is 12.3 Å². The van der Waals surface area contributed by atoms with Crippen LogP contribution in [0.5, 0.6) is 0 Å². The second-order valence-corrected chi connectivity index (χ2v) is 8.07. The lowest BCUT2D eigenvalue weighted by molar-refractivity contribution is -0.141. The number of halogens is 2. The molecular weight excluding hydrogens is 397 g/mol. The zero-order chi connectivity index (χ0) is 19.7. The van der Waals surface area contributed by atoms with Crippen LogP contribution in [0.2, 0.25) is 10.0 Å². The van der Waals surface area contributed by atoms with Gasteiger partial charge in [-0.15, -0.1) is 0 Å². The molecule has 2 aromatic carbocycles. The number of carbonyl (C=O) groups is 2. The van der Waals surface area contributed by atoms with E-state index in [2.05, 4.69) is 9.80 Å². The van der Waals surface area contributed by atoms with Crippen molar-refractivity contribution >= 4 is 40.7 Å². The Morgan fingerprint density at radius 3 is 2.29 bits per heavy atom. The van der Waals surface area contributed by atoms with Crippen LogP contribution in [0, 0.1) is 0 Å². The quantitative estimate of drug-likeness (QED) is 0.712. The molecule has 146 valence electrons. The van der Waals surface area contributed by atoms with Crippen LogP contribution in [0.4, 0.5) is 5.69 Å². The largest absolute Gasteiger partial charge is 0.369 e. The molecule has 2 heterocycles. The van der Waals surface area contributed by atoms with Crippen LogP contribution in [0.1, 0.15) is 17.9 Å². The molecule has 0 aliphatic carbocycles. The third-order valence-corrected chi connectivity index (χ3v) is 5.89. The first-order valence-electron chi connectivity index (χ1n) is 9.34. The Labute approximate surface area is 174 Å². The van der Waals surface area contributed by atoms with E-state index in [1.54, 1.807) is 12.1 Å². The summed E-state index contributed by atoms with van der Waals surface area (Å²) in [6.45, 7) is 3.62. The number of rotatable bonds is 4. The maximum Gasteiger partial charge on any atom is 0.238 e. The number of nitrogens with zero attached hydrogens (tertiary/aromatic N) is 3. The summed E-state index contributed by atoms with van der Waals surface area (Å²) in [5.74, 6) is -0.677. The molecule has 5 nitrogen and oxygen atoms in total. The molecule has 1 unspecified atom stereocenters. The van der Waals surface area contributed by atoms with Gasteiger partial charge in [0.2, 0.25) is 11.8 Å². The number of carbonyl (C=O) groups excluding carboxylic acids is 2. The smallest absolute Gasteiger partial charge is 0.238 e. The zero-order valence-corrected chi connectivity index (χ0v) is 16.9. The average Bonchev–Trinajstić information content (AvgIpc) is 2.97. The number of imide groups is 1. The van der Waals surface area contributed by atoms with Gasteiger partial charge in [0.15, 0.2) is 0 Å². The Morgan fingerprint density at radius 1 is 0.893 bits per heavy atom. The molecule has 2 amide bonds. The molecule has 0 bridgehead atoms. The third kappa shape index (κ3) is 4.02. The summed E-state index contributed by atoms with van der Waals surface area (Å²) >= 11 is 12.0. The summed E-state index contributed by atoms with van der Waals surface area (Å²) in [7, 11) is 0. The van der Waals surface area contributed by atoms with E-state index in [9.17, 15) is 9.59 Å². The first kappa shape index (κ1) is 19.2. The summed E-state index contributed by atoms with van der Waals surface area (Å²) in [6, 6.07) is 15.0. The van der Waals surface area contributed by atoms with Gasteiger partial charge >= 0.3 is 0 Å². The van der Waals surface area contributed by atoms with Gasteiger partial charge in [-0.3, -0.25) is 19.4 Å². The fraction of sp³-hybridized carbons (Fsp3) is 0.333. The lowest BCUT2D eigenvalue weighted by Crippen LogP contribution is -2.51. The van der Waals surface area contributed by atoms with Crippen molar-refractivity contribution in [1.29, 1.82) is 0 Å². The number of likely N-dealkylation sites (tertiary alicyclic amines) is 1. The molecule has 1 atom stereocenters. The molecule has 7 heteroatoms. The molecule has 2 aromatic rings. The maximum absolute atomic E-state index is 12.8. The predicted octanol–water partition coefficient (Wildman–Crippen LogP) is 3.62. The van der Waals surface area contributed by atoms with E-state index in [1.165, 1.54) is 4.90 Å². The second kappa shape index (κ2) is 8.11. The fourth-order valence-electron chi connectivity index (χ4n) is 3.81. The maximum atomic E-state index is 12.8. The van der Waals surface area contributed by atoms with Gasteiger partial charge in [-0.25, -0.2) is 0 Å². The Bertz CT molecular complexity index is 879. The van der Waals surface area contributed by atoms with E-state index in [1.807, 2.05) is 36.4 Å². The summed E-state index contributed by atoms with van der Waals surface area (Å²) in [4.78, 5) is 31.1. The van der Waals surface area contributed by atoms with Gasteiger partial charge in [0.1, 0.15) is 0 Å². The summed E-state index contributed by atoms with van der Waals surface area (Å²) < 4.78 is 0. The number of hydrogen-bond acceptors (Lipinski definition) is 4. The highest BCUT2D eigenvalue weighted by atomic mass is 35.5. The second-order valence-electron chi connectivity index (χ2n) is 7.19. The van der Waals surface area contributed by atoms with Crippen LogP contribution in [0.3, 0.4) is 0 Å². The topological polar surface area (TPSA) is 43.9 Å². The minimum atomic E-state index is -0.429. The predicted molar refractivity (Wildman–Crippen MR) is 111 cm³/mol. The van der Waals surface area contributed by atoms with E-state index in [4.69, 9.17) is 23.2 Å². The van der Waals surface area contributed by atoms with Crippen molar-refractivity contribution in [1.82, 2.24) is 9.80 Å². The van der Waals surface area contributed by atoms with Crippen LogP contribution in [-0.2, 0) is 9.59 Å². The van der Waals surface area contributed by atoms with Crippen molar-refractivity contribution in [2.24, 2.45) is 0 Å². The van der Waals surface area contributed by atoms with Crippen molar-refractivity contribution in [3.05, 3.63) is 64.1 Å². The van der Waals surface area contributed by atoms with E-state index in [0.717, 1.165) is 42.5 Å². The summed E-state index contributed by atoms with van der Waals surface area (Å²) in [6.07, 6.45) is 0.212. The van der Waals surface area contributed by atoms with E-state index < -0.39 is 5.92 Å². The van der Waals surface area contributed by atoms with Gasteiger partial charge < -0.3 is 4.90 Å². The molecule has 0 spiro atoms. The van der Waals surface area contributed by atoms with Crippen molar-refractivity contribution < 1.29 is 9.59 Å². The minimum Gasteiger partial charge on any atom is -0.369 e. The van der Waals surface area contributed by atoms with E-state index in [-0.39, 0.29) is 18.2 Å². The molecular formula is C21H21Cl2N3O2. The van der Waals surface area contributed by atoms with Gasteiger partial charge in [-0.1, -0.05) is 35.3 Å². The molecule has 2 saturated heterocycles. The highest BCUT2D eigenvalue weighted by Crippen LogP contribution is 2.31. The minimum absolute atomic E-state index is 0.116. The standard InChI is InChI=1S/C21H21Cl2N3O2/c22-16-4-6-18(7-5-16)25-10-8-24(9-11-25)14-26-20(27)13-19(21(26)28)15-2-1-3-17(23)12-15/h1-7,12,19H,8-11,13-14H2. The molecule has 2 fully saturated rings. The molecule has 2 aliphatic rings. The summed E-state index contributed by atoms with van der Waals surface area (Å²) in [5.41, 5.74) is 1.94.